The van der Waals surface area contributed by atoms with Crippen molar-refractivity contribution in [2.24, 2.45) is 0 Å². The standard InChI is InChI=1S/C11H22F3N3/c1-16-7-9-17(10-8-16)6-5-15-4-2-3-11(12,13)14/h15H,2-10H2,1H3. The molecule has 3 nitrogen and oxygen atoms in total. The molecule has 1 heterocycles. The SMILES string of the molecule is CN1CCN(CCNCCCC(F)(F)F)CC1. The highest BCUT2D eigenvalue weighted by Gasteiger charge is 2.25. The molecule has 6 heteroatoms. The zero-order valence-electron chi connectivity index (χ0n) is 10.4. The predicted molar refractivity (Wildman–Crippen MR) is 62.1 cm³/mol. The molecule has 0 spiro atoms. The van der Waals surface area contributed by atoms with E-state index < -0.39 is 12.6 Å². The van der Waals surface area contributed by atoms with Crippen LogP contribution in [0.3, 0.4) is 0 Å². The van der Waals surface area contributed by atoms with E-state index in [0.717, 1.165) is 39.3 Å². The van der Waals surface area contributed by atoms with Crippen molar-refractivity contribution in [1.82, 2.24) is 15.1 Å². The number of nitrogens with zero attached hydrogens (tertiary/aromatic N) is 2. The molecule has 1 aliphatic rings. The van der Waals surface area contributed by atoms with Crippen molar-refractivity contribution in [3.05, 3.63) is 0 Å². The van der Waals surface area contributed by atoms with Crippen LogP contribution in [0.1, 0.15) is 12.8 Å². The van der Waals surface area contributed by atoms with Crippen LogP contribution in [0.4, 0.5) is 13.2 Å². The van der Waals surface area contributed by atoms with Crippen LogP contribution in [0, 0.1) is 0 Å². The van der Waals surface area contributed by atoms with E-state index in [4.69, 9.17) is 0 Å². The number of alkyl halides is 3. The Morgan fingerprint density at radius 2 is 1.71 bits per heavy atom. The number of hydrogen-bond donors (Lipinski definition) is 1. The van der Waals surface area contributed by atoms with Crippen LogP contribution in [0.15, 0.2) is 0 Å². The second-order valence-corrected chi connectivity index (χ2v) is 4.61. The van der Waals surface area contributed by atoms with Gasteiger partial charge in [0.05, 0.1) is 0 Å². The van der Waals surface area contributed by atoms with Gasteiger partial charge in [-0.2, -0.15) is 13.2 Å². The summed E-state index contributed by atoms with van der Waals surface area (Å²) in [4.78, 5) is 4.63. The van der Waals surface area contributed by atoms with Gasteiger partial charge >= 0.3 is 6.18 Å². The topological polar surface area (TPSA) is 18.5 Å². The van der Waals surface area contributed by atoms with Crippen LogP contribution in [0.2, 0.25) is 0 Å². The van der Waals surface area contributed by atoms with Gasteiger partial charge in [0.1, 0.15) is 0 Å². The fourth-order valence-electron chi connectivity index (χ4n) is 1.85. The lowest BCUT2D eigenvalue weighted by Gasteiger charge is -2.32. The summed E-state index contributed by atoms with van der Waals surface area (Å²) < 4.78 is 35.6. The molecule has 0 amide bonds. The van der Waals surface area contributed by atoms with Crippen molar-refractivity contribution in [2.75, 3.05) is 52.9 Å². The van der Waals surface area contributed by atoms with Gasteiger partial charge in [0.25, 0.3) is 0 Å². The summed E-state index contributed by atoms with van der Waals surface area (Å²) in [6, 6.07) is 0. The molecule has 0 aromatic carbocycles. The number of hydrogen-bond acceptors (Lipinski definition) is 3. The summed E-state index contributed by atoms with van der Waals surface area (Å²) in [6.45, 7) is 6.43. The molecule has 0 unspecified atom stereocenters. The molecule has 0 atom stereocenters. The van der Waals surface area contributed by atoms with Crippen LogP contribution in [-0.4, -0.2) is 68.8 Å². The first kappa shape index (κ1) is 14.7. The Kier molecular flexibility index (Phi) is 6.22. The molecule has 1 aliphatic heterocycles. The Labute approximate surface area is 101 Å². The van der Waals surface area contributed by atoms with Crippen molar-refractivity contribution >= 4 is 0 Å². The molecular formula is C11H22F3N3. The van der Waals surface area contributed by atoms with Gasteiger partial charge in [-0.1, -0.05) is 0 Å². The van der Waals surface area contributed by atoms with Crippen LogP contribution < -0.4 is 5.32 Å². The molecule has 1 saturated heterocycles. The largest absolute Gasteiger partial charge is 0.389 e. The molecule has 0 aromatic heterocycles. The van der Waals surface area contributed by atoms with Crippen LogP contribution >= 0.6 is 0 Å². The Morgan fingerprint density at radius 3 is 2.29 bits per heavy atom. The van der Waals surface area contributed by atoms with Crippen LogP contribution in [-0.2, 0) is 0 Å². The number of halogens is 3. The molecule has 0 aromatic rings. The minimum absolute atomic E-state index is 0.173. The van der Waals surface area contributed by atoms with Gasteiger partial charge in [-0.25, -0.2) is 0 Å². The van der Waals surface area contributed by atoms with Crippen molar-refractivity contribution in [2.45, 2.75) is 19.0 Å². The average molecular weight is 253 g/mol. The van der Waals surface area contributed by atoms with Crippen molar-refractivity contribution in [3.8, 4) is 0 Å². The maximum Gasteiger partial charge on any atom is 0.389 e. The van der Waals surface area contributed by atoms with Crippen LogP contribution in [0.25, 0.3) is 0 Å². The Balaban J connectivity index is 1.91. The van der Waals surface area contributed by atoms with Crippen LogP contribution in [0.5, 0.6) is 0 Å². The average Bonchev–Trinajstić information content (AvgIpc) is 2.24. The maximum absolute atomic E-state index is 11.9. The number of nitrogens with one attached hydrogen (secondary N) is 1. The quantitative estimate of drug-likeness (QED) is 0.717. The number of rotatable bonds is 6. The third-order valence-corrected chi connectivity index (χ3v) is 3.01. The van der Waals surface area contributed by atoms with Crippen molar-refractivity contribution < 1.29 is 13.2 Å². The molecule has 1 fully saturated rings. The highest BCUT2D eigenvalue weighted by molar-refractivity contribution is 4.69. The molecule has 0 aliphatic carbocycles. The van der Waals surface area contributed by atoms with Gasteiger partial charge in [-0.05, 0) is 20.0 Å². The minimum Gasteiger partial charge on any atom is -0.315 e. The summed E-state index contributed by atoms with van der Waals surface area (Å²) >= 11 is 0. The van der Waals surface area contributed by atoms with E-state index in [9.17, 15) is 13.2 Å². The second kappa shape index (κ2) is 7.18. The van der Waals surface area contributed by atoms with Gasteiger partial charge in [0.2, 0.25) is 0 Å². The van der Waals surface area contributed by atoms with Gasteiger partial charge < -0.3 is 10.2 Å². The molecule has 0 bridgehead atoms. The normalized spacial score (nSPS) is 19.8. The van der Waals surface area contributed by atoms with Crippen molar-refractivity contribution in [3.63, 3.8) is 0 Å². The lowest BCUT2D eigenvalue weighted by atomic mass is 10.3. The summed E-state index contributed by atoms with van der Waals surface area (Å²) in [7, 11) is 2.10. The number of likely N-dealkylation sites (N-methyl/N-ethyl adjacent to an activating group) is 1. The van der Waals surface area contributed by atoms with E-state index >= 15 is 0 Å². The van der Waals surface area contributed by atoms with Gasteiger partial charge in [0, 0.05) is 45.7 Å². The predicted octanol–water partition coefficient (Wildman–Crippen LogP) is 1.17. The highest BCUT2D eigenvalue weighted by Crippen LogP contribution is 2.20. The van der Waals surface area contributed by atoms with Gasteiger partial charge in [-0.3, -0.25) is 4.90 Å². The highest BCUT2D eigenvalue weighted by atomic mass is 19.4. The summed E-state index contributed by atoms with van der Waals surface area (Å²) in [5, 5.41) is 3.06. The molecule has 17 heavy (non-hydrogen) atoms. The first-order valence-corrected chi connectivity index (χ1v) is 6.16. The third-order valence-electron chi connectivity index (χ3n) is 3.01. The Morgan fingerprint density at radius 1 is 1.06 bits per heavy atom. The summed E-state index contributed by atoms with van der Waals surface area (Å²) in [6.07, 6.45) is -4.53. The van der Waals surface area contributed by atoms with E-state index in [-0.39, 0.29) is 6.42 Å². The molecule has 0 saturated carbocycles. The zero-order valence-corrected chi connectivity index (χ0v) is 10.4. The lowest BCUT2D eigenvalue weighted by molar-refractivity contribution is -0.135. The molecule has 102 valence electrons. The molecule has 1 N–H and O–H groups in total. The Bertz CT molecular complexity index is 201. The number of piperazine rings is 1. The Hall–Kier alpha value is -0.330. The van der Waals surface area contributed by atoms with E-state index in [0.29, 0.717) is 6.54 Å². The fraction of sp³-hybridized carbons (Fsp3) is 1.00. The van der Waals surface area contributed by atoms with E-state index in [1.165, 1.54) is 0 Å². The minimum atomic E-state index is -4.01. The summed E-state index contributed by atoms with van der Waals surface area (Å²) in [5.74, 6) is 0. The smallest absolute Gasteiger partial charge is 0.315 e. The third kappa shape index (κ3) is 7.57. The first-order chi connectivity index (χ1) is 7.97. The molecular weight excluding hydrogens is 231 g/mol. The monoisotopic (exact) mass is 253 g/mol. The fourth-order valence-corrected chi connectivity index (χ4v) is 1.85. The summed E-state index contributed by atoms with van der Waals surface area (Å²) in [5.41, 5.74) is 0. The molecule has 0 radical (unpaired) electrons. The second-order valence-electron chi connectivity index (χ2n) is 4.61. The van der Waals surface area contributed by atoms with E-state index in [1.54, 1.807) is 0 Å². The maximum atomic E-state index is 11.9. The van der Waals surface area contributed by atoms with Gasteiger partial charge in [0.15, 0.2) is 0 Å². The van der Waals surface area contributed by atoms with E-state index in [1.807, 2.05) is 0 Å². The molecule has 1 rings (SSSR count). The van der Waals surface area contributed by atoms with Crippen molar-refractivity contribution in [1.29, 1.82) is 0 Å². The first-order valence-electron chi connectivity index (χ1n) is 6.16. The lowest BCUT2D eigenvalue weighted by Crippen LogP contribution is -2.46. The zero-order chi connectivity index (χ0) is 12.7. The van der Waals surface area contributed by atoms with Gasteiger partial charge in [-0.15, -0.1) is 0 Å². The van der Waals surface area contributed by atoms with E-state index in [2.05, 4.69) is 22.2 Å².